The molecule has 1 aromatic heterocycles. The van der Waals surface area contributed by atoms with Crippen molar-refractivity contribution < 1.29 is 9.90 Å². The first-order chi connectivity index (χ1) is 10.1. The maximum Gasteiger partial charge on any atom is 0.325 e. The van der Waals surface area contributed by atoms with Gasteiger partial charge in [0.1, 0.15) is 12.4 Å². The van der Waals surface area contributed by atoms with Gasteiger partial charge >= 0.3 is 5.97 Å². The van der Waals surface area contributed by atoms with Crippen molar-refractivity contribution >= 4 is 17.7 Å². The molecule has 0 saturated carbocycles. The topological polar surface area (TPSA) is 71.2 Å². The molecule has 1 aliphatic rings. The normalized spacial score (nSPS) is 20.4. The zero-order valence-corrected chi connectivity index (χ0v) is 13.6. The highest BCUT2D eigenvalue weighted by molar-refractivity contribution is 7.98. The molecule has 1 aromatic rings. The summed E-state index contributed by atoms with van der Waals surface area (Å²) in [7, 11) is 2.09. The van der Waals surface area contributed by atoms with Gasteiger partial charge in [-0.2, -0.15) is 16.9 Å². The molecule has 0 bridgehead atoms. The molecule has 0 spiro atoms. The van der Waals surface area contributed by atoms with Gasteiger partial charge in [-0.05, 0) is 32.7 Å². The maximum absolute atomic E-state index is 11.1. The lowest BCUT2D eigenvalue weighted by Crippen LogP contribution is -2.28. The number of aliphatic carboxylic acids is 1. The number of hydrogen-bond donors (Lipinski definition) is 1. The van der Waals surface area contributed by atoms with E-state index in [0.29, 0.717) is 0 Å². The highest BCUT2D eigenvalue weighted by Gasteiger charge is 2.26. The predicted molar refractivity (Wildman–Crippen MR) is 83.6 cm³/mol. The minimum atomic E-state index is -0.867. The van der Waals surface area contributed by atoms with E-state index in [1.165, 1.54) is 12.8 Å². The van der Waals surface area contributed by atoms with Gasteiger partial charge in [0, 0.05) is 12.2 Å². The van der Waals surface area contributed by atoms with Crippen molar-refractivity contribution in [1.82, 2.24) is 19.7 Å². The second-order valence-electron chi connectivity index (χ2n) is 5.53. The van der Waals surface area contributed by atoms with E-state index < -0.39 is 5.97 Å². The molecule has 1 N–H and O–H groups in total. The number of likely N-dealkylation sites (tertiary alicyclic amines) is 1. The van der Waals surface area contributed by atoms with Crippen molar-refractivity contribution in [2.24, 2.45) is 0 Å². The largest absolute Gasteiger partial charge is 0.480 e. The molecule has 1 fully saturated rings. The van der Waals surface area contributed by atoms with Crippen LogP contribution in [0.2, 0.25) is 0 Å². The Morgan fingerprint density at radius 2 is 2.24 bits per heavy atom. The van der Waals surface area contributed by atoms with Crippen LogP contribution in [0, 0.1) is 0 Å². The Labute approximate surface area is 129 Å². The molecular formula is C14H24N4O2S. The van der Waals surface area contributed by atoms with Crippen LogP contribution in [0.25, 0.3) is 0 Å². The number of aryl methyl sites for hydroxylation is 1. The van der Waals surface area contributed by atoms with Crippen LogP contribution in [-0.2, 0) is 17.8 Å². The van der Waals surface area contributed by atoms with Crippen molar-refractivity contribution in [3.63, 3.8) is 0 Å². The standard InChI is InChI=1S/C14H24N4O2S/c1-17-8-5-3-4-6-11(17)14-15-12(7-9-21-2)16-18(14)10-13(19)20/h11H,3-10H2,1-2H3,(H,19,20)/t11-/m1/s1. The van der Waals surface area contributed by atoms with Crippen LogP contribution in [0.3, 0.4) is 0 Å². The SMILES string of the molecule is CSCCc1nc([C@H]2CCCCCN2C)n(CC(=O)O)n1. The first kappa shape index (κ1) is 16.3. The number of carboxylic acids is 1. The third-order valence-electron chi connectivity index (χ3n) is 3.88. The van der Waals surface area contributed by atoms with E-state index in [4.69, 9.17) is 5.11 Å². The smallest absolute Gasteiger partial charge is 0.325 e. The van der Waals surface area contributed by atoms with Gasteiger partial charge in [0.2, 0.25) is 0 Å². The van der Waals surface area contributed by atoms with Gasteiger partial charge in [0.05, 0.1) is 6.04 Å². The molecule has 118 valence electrons. The monoisotopic (exact) mass is 312 g/mol. The van der Waals surface area contributed by atoms with Crippen molar-refractivity contribution in [1.29, 1.82) is 0 Å². The molecule has 0 aromatic carbocycles. The van der Waals surface area contributed by atoms with E-state index in [1.807, 2.05) is 6.26 Å². The number of rotatable bonds is 6. The van der Waals surface area contributed by atoms with Gasteiger partial charge in [-0.25, -0.2) is 9.67 Å². The Bertz CT molecular complexity index is 478. The zero-order valence-electron chi connectivity index (χ0n) is 12.8. The van der Waals surface area contributed by atoms with E-state index in [9.17, 15) is 4.79 Å². The average Bonchev–Trinajstić information content (AvgIpc) is 2.69. The molecule has 7 heteroatoms. The molecule has 1 aliphatic heterocycles. The Morgan fingerprint density at radius 3 is 2.95 bits per heavy atom. The van der Waals surface area contributed by atoms with E-state index in [-0.39, 0.29) is 12.6 Å². The van der Waals surface area contributed by atoms with Crippen LogP contribution in [0.4, 0.5) is 0 Å². The minimum absolute atomic E-state index is 0.105. The molecule has 0 amide bonds. The Balaban J connectivity index is 2.25. The Kier molecular flexibility index (Phi) is 6.05. The van der Waals surface area contributed by atoms with Crippen LogP contribution >= 0.6 is 11.8 Å². The predicted octanol–water partition coefficient (Wildman–Crippen LogP) is 1.82. The molecule has 2 rings (SSSR count). The number of carbonyl (C=O) groups is 1. The van der Waals surface area contributed by atoms with Crippen LogP contribution in [0.15, 0.2) is 0 Å². The van der Waals surface area contributed by atoms with Gasteiger partial charge in [-0.3, -0.25) is 9.69 Å². The fourth-order valence-electron chi connectivity index (χ4n) is 2.77. The summed E-state index contributed by atoms with van der Waals surface area (Å²) < 4.78 is 1.59. The lowest BCUT2D eigenvalue weighted by molar-refractivity contribution is -0.138. The molecule has 0 unspecified atom stereocenters. The number of aromatic nitrogens is 3. The summed E-state index contributed by atoms with van der Waals surface area (Å²) in [4.78, 5) is 18.0. The fourth-order valence-corrected chi connectivity index (χ4v) is 3.16. The average molecular weight is 312 g/mol. The third-order valence-corrected chi connectivity index (χ3v) is 4.49. The molecule has 0 radical (unpaired) electrons. The fraction of sp³-hybridized carbons (Fsp3) is 0.786. The number of hydrogen-bond acceptors (Lipinski definition) is 5. The number of carboxylic acid groups (broad SMARTS) is 1. The molecule has 6 nitrogen and oxygen atoms in total. The lowest BCUT2D eigenvalue weighted by atomic mass is 10.1. The summed E-state index contributed by atoms with van der Waals surface area (Å²) in [6.45, 7) is 0.927. The highest BCUT2D eigenvalue weighted by Crippen LogP contribution is 2.27. The van der Waals surface area contributed by atoms with Crippen molar-refractivity contribution in [3.8, 4) is 0 Å². The molecule has 0 aliphatic carbocycles. The van der Waals surface area contributed by atoms with Crippen LogP contribution in [0.5, 0.6) is 0 Å². The number of thioether (sulfide) groups is 1. The van der Waals surface area contributed by atoms with E-state index in [0.717, 1.165) is 43.2 Å². The minimum Gasteiger partial charge on any atom is -0.480 e. The summed E-state index contributed by atoms with van der Waals surface area (Å²) >= 11 is 1.75. The summed E-state index contributed by atoms with van der Waals surface area (Å²) in [5.41, 5.74) is 0. The molecule has 21 heavy (non-hydrogen) atoms. The molecular weight excluding hydrogens is 288 g/mol. The van der Waals surface area contributed by atoms with E-state index in [2.05, 4.69) is 22.0 Å². The first-order valence-electron chi connectivity index (χ1n) is 7.46. The van der Waals surface area contributed by atoms with Crippen LogP contribution in [0.1, 0.15) is 43.4 Å². The van der Waals surface area contributed by atoms with Gasteiger partial charge < -0.3 is 5.11 Å². The Morgan fingerprint density at radius 1 is 1.43 bits per heavy atom. The second-order valence-corrected chi connectivity index (χ2v) is 6.51. The lowest BCUT2D eigenvalue weighted by Gasteiger charge is -2.24. The zero-order chi connectivity index (χ0) is 15.2. The Hall–Kier alpha value is -1.08. The van der Waals surface area contributed by atoms with Gasteiger partial charge in [-0.1, -0.05) is 12.8 Å². The summed E-state index contributed by atoms with van der Waals surface area (Å²) in [6.07, 6.45) is 7.45. The summed E-state index contributed by atoms with van der Waals surface area (Å²) in [6, 6.07) is 0.183. The maximum atomic E-state index is 11.1. The van der Waals surface area contributed by atoms with Gasteiger partial charge in [0.15, 0.2) is 5.82 Å². The highest BCUT2D eigenvalue weighted by atomic mass is 32.2. The van der Waals surface area contributed by atoms with Gasteiger partial charge in [0.25, 0.3) is 0 Å². The molecule has 2 heterocycles. The van der Waals surface area contributed by atoms with Crippen molar-refractivity contribution in [2.45, 2.75) is 44.7 Å². The summed E-state index contributed by atoms with van der Waals surface area (Å²) in [5.74, 6) is 1.67. The quantitative estimate of drug-likeness (QED) is 0.864. The molecule has 1 atom stereocenters. The van der Waals surface area contributed by atoms with Crippen molar-refractivity contribution in [3.05, 3.63) is 11.6 Å². The van der Waals surface area contributed by atoms with Crippen molar-refractivity contribution in [2.75, 3.05) is 25.6 Å². The second kappa shape index (κ2) is 7.79. The first-order valence-corrected chi connectivity index (χ1v) is 8.85. The van der Waals surface area contributed by atoms with Gasteiger partial charge in [-0.15, -0.1) is 0 Å². The molecule has 1 saturated heterocycles. The number of nitrogens with zero attached hydrogens (tertiary/aromatic N) is 4. The van der Waals surface area contributed by atoms with Crippen LogP contribution in [-0.4, -0.2) is 56.3 Å². The van der Waals surface area contributed by atoms with E-state index in [1.54, 1.807) is 16.4 Å². The summed E-state index contributed by atoms with van der Waals surface area (Å²) in [5, 5.41) is 13.5. The van der Waals surface area contributed by atoms with Crippen LogP contribution < -0.4 is 0 Å². The van der Waals surface area contributed by atoms with E-state index >= 15 is 0 Å². The third kappa shape index (κ3) is 4.44.